The lowest BCUT2D eigenvalue weighted by atomic mass is 9.92. The van der Waals surface area contributed by atoms with Gasteiger partial charge in [0.25, 0.3) is 0 Å². The molecule has 1 atom stereocenters. The summed E-state index contributed by atoms with van der Waals surface area (Å²) in [6.07, 6.45) is -4.15. The maximum Gasteiger partial charge on any atom is 0.411 e. The minimum Gasteiger partial charge on any atom is -0.353 e. The van der Waals surface area contributed by atoms with Crippen molar-refractivity contribution in [1.29, 1.82) is 0 Å². The standard InChI is InChI=1S/C14H13F3N2O2/c1-9(20)19-7-6-13(21-8-14(15,16)17)10-4-2-3-5-11(10)18-12(13)19/h2-5H,6-8H2,1H3/t13-/m0/s1. The number of likely N-dealkylation sites (tertiary alicyclic amines) is 1. The van der Waals surface area contributed by atoms with E-state index in [0.29, 0.717) is 17.8 Å². The van der Waals surface area contributed by atoms with Gasteiger partial charge in [-0.2, -0.15) is 13.2 Å². The van der Waals surface area contributed by atoms with Gasteiger partial charge in [-0.05, 0) is 6.07 Å². The normalized spacial score (nSPS) is 23.8. The SMILES string of the molecule is CC(=O)N1CC[C@@]2(OCC(F)(F)F)C1=Nc1ccccc12. The number of rotatable bonds is 2. The van der Waals surface area contributed by atoms with Gasteiger partial charge in [0.15, 0.2) is 5.60 Å². The largest absolute Gasteiger partial charge is 0.411 e. The summed E-state index contributed by atoms with van der Waals surface area (Å²) < 4.78 is 42.9. The van der Waals surface area contributed by atoms with E-state index in [4.69, 9.17) is 4.74 Å². The summed E-state index contributed by atoms with van der Waals surface area (Å²) in [5.74, 6) is 0.0134. The molecule has 4 nitrogen and oxygen atoms in total. The van der Waals surface area contributed by atoms with Crippen molar-refractivity contribution in [3.05, 3.63) is 29.8 Å². The zero-order chi connectivity index (χ0) is 15.3. The van der Waals surface area contributed by atoms with E-state index in [0.717, 1.165) is 0 Å². The van der Waals surface area contributed by atoms with Crippen molar-refractivity contribution in [1.82, 2.24) is 4.90 Å². The van der Waals surface area contributed by atoms with Gasteiger partial charge in [0.05, 0.1) is 5.69 Å². The van der Waals surface area contributed by atoms with E-state index in [9.17, 15) is 18.0 Å². The van der Waals surface area contributed by atoms with Gasteiger partial charge in [0, 0.05) is 25.5 Å². The maximum absolute atomic E-state index is 12.5. The molecule has 0 N–H and O–H groups in total. The Labute approximate surface area is 119 Å². The molecule has 3 rings (SSSR count). The summed E-state index contributed by atoms with van der Waals surface area (Å²) in [7, 11) is 0. The topological polar surface area (TPSA) is 41.9 Å². The smallest absolute Gasteiger partial charge is 0.353 e. The number of carbonyl (C=O) groups excluding carboxylic acids is 1. The molecule has 0 aromatic heterocycles. The van der Waals surface area contributed by atoms with Crippen LogP contribution in [0.3, 0.4) is 0 Å². The number of carbonyl (C=O) groups is 1. The Morgan fingerprint density at radius 3 is 2.81 bits per heavy atom. The highest BCUT2D eigenvalue weighted by molar-refractivity contribution is 6.08. The molecule has 1 aromatic carbocycles. The van der Waals surface area contributed by atoms with E-state index in [-0.39, 0.29) is 18.2 Å². The maximum atomic E-state index is 12.5. The monoisotopic (exact) mass is 298 g/mol. The Balaban J connectivity index is 2.02. The molecule has 2 aliphatic rings. The van der Waals surface area contributed by atoms with Crippen molar-refractivity contribution in [2.45, 2.75) is 25.1 Å². The zero-order valence-corrected chi connectivity index (χ0v) is 11.3. The fourth-order valence-corrected chi connectivity index (χ4v) is 2.86. The number of para-hydroxylation sites is 1. The van der Waals surface area contributed by atoms with E-state index in [2.05, 4.69) is 4.99 Å². The number of fused-ring (bicyclic) bond motifs is 3. The van der Waals surface area contributed by atoms with Crippen LogP contribution in [0.15, 0.2) is 29.3 Å². The molecular formula is C14H13F3N2O2. The molecule has 0 bridgehead atoms. The van der Waals surface area contributed by atoms with Gasteiger partial charge in [-0.25, -0.2) is 4.99 Å². The Bertz CT molecular complexity index is 627. The van der Waals surface area contributed by atoms with Crippen LogP contribution < -0.4 is 0 Å². The molecule has 0 unspecified atom stereocenters. The Hall–Kier alpha value is -1.89. The van der Waals surface area contributed by atoms with Crippen LogP contribution in [0.5, 0.6) is 0 Å². The molecule has 0 spiro atoms. The van der Waals surface area contributed by atoms with Gasteiger partial charge < -0.3 is 4.74 Å². The van der Waals surface area contributed by atoms with Crippen LogP contribution in [0, 0.1) is 0 Å². The molecule has 0 radical (unpaired) electrons. The van der Waals surface area contributed by atoms with Crippen LogP contribution in [0.25, 0.3) is 0 Å². The number of hydrogen-bond acceptors (Lipinski definition) is 3. The zero-order valence-electron chi connectivity index (χ0n) is 11.3. The lowest BCUT2D eigenvalue weighted by Gasteiger charge is -2.28. The summed E-state index contributed by atoms with van der Waals surface area (Å²) in [5.41, 5.74) is -0.119. The highest BCUT2D eigenvalue weighted by Crippen LogP contribution is 2.48. The molecule has 112 valence electrons. The second-order valence-electron chi connectivity index (χ2n) is 5.10. The fourth-order valence-electron chi connectivity index (χ4n) is 2.86. The summed E-state index contributed by atoms with van der Waals surface area (Å²) in [6.45, 7) is 0.303. The van der Waals surface area contributed by atoms with Gasteiger partial charge in [-0.1, -0.05) is 18.2 Å². The molecule has 0 saturated carbocycles. The molecular weight excluding hydrogens is 285 g/mol. The van der Waals surface area contributed by atoms with Gasteiger partial charge in [-0.15, -0.1) is 0 Å². The van der Waals surface area contributed by atoms with Crippen molar-refractivity contribution in [2.24, 2.45) is 4.99 Å². The first kappa shape index (κ1) is 14.1. The Morgan fingerprint density at radius 2 is 2.14 bits per heavy atom. The van der Waals surface area contributed by atoms with Crippen LogP contribution in [0.1, 0.15) is 18.9 Å². The van der Waals surface area contributed by atoms with Crippen LogP contribution in [-0.2, 0) is 15.1 Å². The number of aliphatic imine (C=N–C) groups is 1. The minimum absolute atomic E-state index is 0.251. The number of halogens is 3. The third-order valence-electron chi connectivity index (χ3n) is 3.73. The molecule has 1 fully saturated rings. The van der Waals surface area contributed by atoms with E-state index >= 15 is 0 Å². The number of hydrogen-bond donors (Lipinski definition) is 0. The summed E-state index contributed by atoms with van der Waals surface area (Å²) in [5, 5.41) is 0. The van der Waals surface area contributed by atoms with E-state index in [1.54, 1.807) is 24.3 Å². The van der Waals surface area contributed by atoms with Crippen LogP contribution >= 0.6 is 0 Å². The first-order valence-electron chi connectivity index (χ1n) is 6.51. The van der Waals surface area contributed by atoms with Gasteiger partial charge in [0.1, 0.15) is 12.4 Å². The Kier molecular flexibility index (Phi) is 3.05. The summed E-state index contributed by atoms with van der Waals surface area (Å²) in [6, 6.07) is 6.88. The molecule has 21 heavy (non-hydrogen) atoms. The average Bonchev–Trinajstić information content (AvgIpc) is 2.89. The second kappa shape index (κ2) is 4.56. The lowest BCUT2D eigenvalue weighted by molar-refractivity contribution is -0.194. The summed E-state index contributed by atoms with van der Waals surface area (Å²) in [4.78, 5) is 17.4. The molecule has 2 heterocycles. The lowest BCUT2D eigenvalue weighted by Crippen LogP contribution is -2.41. The third kappa shape index (κ3) is 2.21. The van der Waals surface area contributed by atoms with Crippen molar-refractivity contribution in [3.63, 3.8) is 0 Å². The molecule has 7 heteroatoms. The van der Waals surface area contributed by atoms with Crippen LogP contribution in [-0.4, -0.2) is 36.0 Å². The first-order chi connectivity index (χ1) is 9.83. The highest BCUT2D eigenvalue weighted by Gasteiger charge is 2.53. The number of nitrogens with zero attached hydrogens (tertiary/aromatic N) is 2. The first-order valence-corrected chi connectivity index (χ1v) is 6.51. The highest BCUT2D eigenvalue weighted by atomic mass is 19.4. The number of benzene rings is 1. The Morgan fingerprint density at radius 1 is 1.43 bits per heavy atom. The number of amides is 1. The molecule has 2 aliphatic heterocycles. The van der Waals surface area contributed by atoms with Gasteiger partial charge in [-0.3, -0.25) is 9.69 Å². The van der Waals surface area contributed by atoms with Gasteiger partial charge >= 0.3 is 6.18 Å². The van der Waals surface area contributed by atoms with Crippen molar-refractivity contribution >= 4 is 17.4 Å². The van der Waals surface area contributed by atoms with Gasteiger partial charge in [0.2, 0.25) is 5.91 Å². The van der Waals surface area contributed by atoms with Crippen molar-refractivity contribution < 1.29 is 22.7 Å². The van der Waals surface area contributed by atoms with Crippen LogP contribution in [0.4, 0.5) is 18.9 Å². The number of amidine groups is 1. The second-order valence-corrected chi connectivity index (χ2v) is 5.10. The minimum atomic E-state index is -4.43. The third-order valence-corrected chi connectivity index (χ3v) is 3.73. The molecule has 1 saturated heterocycles. The molecule has 1 aromatic rings. The van der Waals surface area contributed by atoms with Crippen LogP contribution in [0.2, 0.25) is 0 Å². The average molecular weight is 298 g/mol. The number of ether oxygens (including phenoxy) is 1. The molecule has 0 aliphatic carbocycles. The summed E-state index contributed by atoms with van der Waals surface area (Å²) >= 11 is 0. The quantitative estimate of drug-likeness (QED) is 0.842. The predicted molar refractivity (Wildman–Crippen MR) is 69.2 cm³/mol. The predicted octanol–water partition coefficient (Wildman–Crippen LogP) is 2.76. The van der Waals surface area contributed by atoms with E-state index in [1.165, 1.54) is 11.8 Å². The van der Waals surface area contributed by atoms with E-state index < -0.39 is 18.4 Å². The molecule has 1 amide bonds. The van der Waals surface area contributed by atoms with E-state index in [1.807, 2.05) is 0 Å². The van der Waals surface area contributed by atoms with Crippen molar-refractivity contribution in [3.8, 4) is 0 Å². The van der Waals surface area contributed by atoms with Crippen molar-refractivity contribution in [2.75, 3.05) is 13.2 Å². The fraction of sp³-hybridized carbons (Fsp3) is 0.429. The number of alkyl halides is 3.